The molecule has 0 aliphatic carbocycles. The van der Waals surface area contributed by atoms with Gasteiger partial charge in [0.05, 0.1) is 5.52 Å². The fraction of sp³-hybridized carbons (Fsp3) is 0.176. The molecule has 0 atom stereocenters. The van der Waals surface area contributed by atoms with Crippen LogP contribution in [0.2, 0.25) is 0 Å². The summed E-state index contributed by atoms with van der Waals surface area (Å²) in [6.45, 7) is 3.94. The summed E-state index contributed by atoms with van der Waals surface area (Å²) in [7, 11) is 1.79. The topological polar surface area (TPSA) is 56.7 Å². The molecule has 0 aliphatic heterocycles. The number of carbonyl (C=O) groups excluding carboxylic acids is 1. The van der Waals surface area contributed by atoms with Crippen molar-refractivity contribution in [3.63, 3.8) is 0 Å². The predicted molar refractivity (Wildman–Crippen MR) is 82.7 cm³/mol. The molecule has 0 unspecified atom stereocenters. The van der Waals surface area contributed by atoms with Gasteiger partial charge in [0.2, 0.25) is 0 Å². The normalized spacial score (nSPS) is 11.9. The molecule has 1 aromatic heterocycles. The zero-order valence-corrected chi connectivity index (χ0v) is 12.7. The van der Waals surface area contributed by atoms with Gasteiger partial charge in [0.25, 0.3) is 0 Å². The Labute approximate surface area is 127 Å². The standard InChI is InChI=1S/C17H16N2O3/c1-11-4-7-13(8-5-11)21-17(20)18-16-19(3)14-9-6-12(2)10-15(14)22-16/h4-10H,1-3H3. The lowest BCUT2D eigenvalue weighted by Crippen LogP contribution is -2.16. The van der Waals surface area contributed by atoms with Gasteiger partial charge in [0.1, 0.15) is 5.75 Å². The third kappa shape index (κ3) is 2.79. The number of benzene rings is 2. The van der Waals surface area contributed by atoms with Crippen molar-refractivity contribution in [2.75, 3.05) is 0 Å². The maximum absolute atomic E-state index is 11.9. The highest BCUT2D eigenvalue weighted by molar-refractivity contribution is 5.74. The van der Waals surface area contributed by atoms with Crippen LogP contribution < -0.4 is 10.4 Å². The Hall–Kier alpha value is -2.82. The summed E-state index contributed by atoms with van der Waals surface area (Å²) in [6.07, 6.45) is -0.713. The Morgan fingerprint density at radius 2 is 1.77 bits per heavy atom. The van der Waals surface area contributed by atoms with Crippen LogP contribution in [0.4, 0.5) is 4.79 Å². The largest absolute Gasteiger partial charge is 0.443 e. The van der Waals surface area contributed by atoms with E-state index in [1.165, 1.54) is 0 Å². The molecule has 0 radical (unpaired) electrons. The summed E-state index contributed by atoms with van der Waals surface area (Å²) in [5.41, 5.74) is 3.93. The van der Waals surface area contributed by atoms with Crippen molar-refractivity contribution in [1.29, 1.82) is 0 Å². The van der Waals surface area contributed by atoms with Crippen molar-refractivity contribution in [3.8, 4) is 5.75 Å². The SMILES string of the molecule is Cc1ccc(OC(=O)N=c2oc3cc(C)ccc3n2C)cc1. The molecule has 3 rings (SSSR count). The number of hydrogen-bond donors (Lipinski definition) is 0. The van der Waals surface area contributed by atoms with Gasteiger partial charge in [-0.1, -0.05) is 23.8 Å². The maximum atomic E-state index is 11.9. The minimum Gasteiger partial charge on any atom is -0.423 e. The van der Waals surface area contributed by atoms with E-state index < -0.39 is 6.09 Å². The summed E-state index contributed by atoms with van der Waals surface area (Å²) in [5, 5.41) is 0. The molecule has 5 heteroatoms. The van der Waals surface area contributed by atoms with Crippen molar-refractivity contribution in [1.82, 2.24) is 4.57 Å². The first-order chi connectivity index (χ1) is 10.5. The van der Waals surface area contributed by atoms with Crippen molar-refractivity contribution in [3.05, 3.63) is 59.3 Å². The van der Waals surface area contributed by atoms with E-state index in [1.807, 2.05) is 44.2 Å². The third-order valence-corrected chi connectivity index (χ3v) is 3.38. The van der Waals surface area contributed by atoms with Crippen LogP contribution in [-0.2, 0) is 7.05 Å². The van der Waals surface area contributed by atoms with Crippen LogP contribution in [0.5, 0.6) is 5.75 Å². The first kappa shape index (κ1) is 14.1. The summed E-state index contributed by atoms with van der Waals surface area (Å²) < 4.78 is 12.5. The molecular weight excluding hydrogens is 280 g/mol. The van der Waals surface area contributed by atoms with Gasteiger partial charge < -0.3 is 9.15 Å². The Morgan fingerprint density at radius 3 is 2.50 bits per heavy atom. The molecule has 0 saturated carbocycles. The fourth-order valence-corrected chi connectivity index (χ4v) is 2.16. The van der Waals surface area contributed by atoms with Crippen molar-refractivity contribution in [2.45, 2.75) is 13.8 Å². The quantitative estimate of drug-likeness (QED) is 0.690. The minimum absolute atomic E-state index is 0.206. The van der Waals surface area contributed by atoms with E-state index in [2.05, 4.69) is 4.99 Å². The van der Waals surface area contributed by atoms with Gasteiger partial charge in [0, 0.05) is 7.05 Å². The second-order valence-electron chi connectivity index (χ2n) is 5.21. The smallest absolute Gasteiger partial charge is 0.423 e. The van der Waals surface area contributed by atoms with Crippen LogP contribution in [0.25, 0.3) is 11.1 Å². The lowest BCUT2D eigenvalue weighted by molar-refractivity contribution is 0.209. The van der Waals surface area contributed by atoms with Gasteiger partial charge >= 0.3 is 11.8 Å². The first-order valence-corrected chi connectivity index (χ1v) is 6.92. The van der Waals surface area contributed by atoms with Crippen molar-refractivity contribution >= 4 is 17.2 Å². The highest BCUT2D eigenvalue weighted by Gasteiger charge is 2.08. The molecule has 0 spiro atoms. The van der Waals surface area contributed by atoms with Crippen LogP contribution in [0.3, 0.4) is 0 Å². The highest BCUT2D eigenvalue weighted by atomic mass is 16.6. The zero-order valence-electron chi connectivity index (χ0n) is 12.7. The molecule has 0 fully saturated rings. The van der Waals surface area contributed by atoms with E-state index in [9.17, 15) is 4.79 Å². The molecule has 2 aromatic carbocycles. The third-order valence-electron chi connectivity index (χ3n) is 3.38. The van der Waals surface area contributed by atoms with Crippen LogP contribution in [0.15, 0.2) is 51.9 Å². The monoisotopic (exact) mass is 296 g/mol. The molecule has 22 heavy (non-hydrogen) atoms. The van der Waals surface area contributed by atoms with Gasteiger partial charge in [-0.2, -0.15) is 0 Å². The number of amides is 1. The van der Waals surface area contributed by atoms with E-state index in [0.29, 0.717) is 11.3 Å². The van der Waals surface area contributed by atoms with Crippen LogP contribution in [-0.4, -0.2) is 10.7 Å². The van der Waals surface area contributed by atoms with Gasteiger partial charge in [-0.25, -0.2) is 4.79 Å². The molecule has 1 amide bonds. The summed E-state index contributed by atoms with van der Waals surface area (Å²) in [5.74, 6) is 0.453. The summed E-state index contributed by atoms with van der Waals surface area (Å²) in [4.78, 5) is 15.8. The average Bonchev–Trinajstić information content (AvgIpc) is 2.77. The number of fused-ring (bicyclic) bond motifs is 1. The van der Waals surface area contributed by atoms with Gasteiger partial charge in [-0.3, -0.25) is 4.57 Å². The molecule has 0 bridgehead atoms. The fourth-order valence-electron chi connectivity index (χ4n) is 2.16. The maximum Gasteiger partial charge on any atom is 0.443 e. The number of nitrogens with zero attached hydrogens (tertiary/aromatic N) is 2. The van der Waals surface area contributed by atoms with Crippen LogP contribution >= 0.6 is 0 Å². The lowest BCUT2D eigenvalue weighted by atomic mass is 10.2. The van der Waals surface area contributed by atoms with E-state index in [4.69, 9.17) is 9.15 Å². The number of oxazole rings is 1. The molecule has 0 aliphatic rings. The first-order valence-electron chi connectivity index (χ1n) is 6.92. The zero-order chi connectivity index (χ0) is 15.7. The Bertz CT molecular complexity index is 902. The molecule has 0 N–H and O–H groups in total. The summed E-state index contributed by atoms with van der Waals surface area (Å²) >= 11 is 0. The predicted octanol–water partition coefficient (Wildman–Crippen LogP) is 3.49. The van der Waals surface area contributed by atoms with Crippen LogP contribution in [0.1, 0.15) is 11.1 Å². The second kappa shape index (κ2) is 5.52. The van der Waals surface area contributed by atoms with E-state index >= 15 is 0 Å². The van der Waals surface area contributed by atoms with E-state index in [-0.39, 0.29) is 5.68 Å². The number of hydrogen-bond acceptors (Lipinski definition) is 3. The Kier molecular flexibility index (Phi) is 3.55. The van der Waals surface area contributed by atoms with Crippen LogP contribution in [0, 0.1) is 13.8 Å². The number of aromatic nitrogens is 1. The number of rotatable bonds is 1. The minimum atomic E-state index is -0.713. The van der Waals surface area contributed by atoms with Gasteiger partial charge in [0.15, 0.2) is 5.58 Å². The molecule has 3 aromatic rings. The number of carbonyl (C=O) groups is 1. The van der Waals surface area contributed by atoms with Gasteiger partial charge in [-0.05, 0) is 43.7 Å². The number of aryl methyl sites for hydroxylation is 3. The number of ether oxygens (including phenoxy) is 1. The van der Waals surface area contributed by atoms with Crippen molar-refractivity contribution in [2.24, 2.45) is 12.0 Å². The molecule has 5 nitrogen and oxygen atoms in total. The second-order valence-corrected chi connectivity index (χ2v) is 5.21. The Morgan fingerprint density at radius 1 is 1.09 bits per heavy atom. The van der Waals surface area contributed by atoms with E-state index in [1.54, 1.807) is 23.7 Å². The average molecular weight is 296 g/mol. The van der Waals surface area contributed by atoms with E-state index in [0.717, 1.165) is 16.6 Å². The molecule has 0 saturated heterocycles. The van der Waals surface area contributed by atoms with Crippen molar-refractivity contribution < 1.29 is 13.9 Å². The molecular formula is C17H16N2O3. The highest BCUT2D eigenvalue weighted by Crippen LogP contribution is 2.14. The van der Waals surface area contributed by atoms with Gasteiger partial charge in [-0.15, -0.1) is 4.99 Å². The molecule has 1 heterocycles. The Balaban J connectivity index is 1.92. The summed E-state index contributed by atoms with van der Waals surface area (Å²) in [6, 6.07) is 13.0. The lowest BCUT2D eigenvalue weighted by Gasteiger charge is -2.00. The molecule has 112 valence electrons.